The van der Waals surface area contributed by atoms with E-state index < -0.39 is 0 Å². The van der Waals surface area contributed by atoms with E-state index >= 15 is 0 Å². The first-order valence-electron chi connectivity index (χ1n) is 17.2. The van der Waals surface area contributed by atoms with Crippen molar-refractivity contribution in [1.82, 2.24) is 15.0 Å². The van der Waals surface area contributed by atoms with Crippen LogP contribution in [-0.2, 0) is 6.42 Å². The maximum Gasteiger partial charge on any atom is 0.164 e. The summed E-state index contributed by atoms with van der Waals surface area (Å²) in [5.74, 6) is 3.43. The summed E-state index contributed by atoms with van der Waals surface area (Å²) in [5.41, 5.74) is 12.0. The zero-order valence-electron chi connectivity index (χ0n) is 27.2. The minimum Gasteiger partial charge on any atom is -0.460 e. The molecule has 1 atom stereocenters. The molecule has 49 heavy (non-hydrogen) atoms. The molecule has 6 aromatic rings. The summed E-state index contributed by atoms with van der Waals surface area (Å²) in [6.45, 7) is 0. The monoisotopic (exact) mass is 633 g/mol. The number of hydrogen-bond donors (Lipinski definition) is 0. The topological polar surface area (TPSA) is 51.8 Å². The highest BCUT2D eigenvalue weighted by Gasteiger charge is 2.25. The molecule has 4 nitrogen and oxygen atoms in total. The van der Waals surface area contributed by atoms with E-state index in [-0.39, 0.29) is 0 Å². The van der Waals surface area contributed by atoms with Crippen LogP contribution in [-0.4, -0.2) is 15.0 Å². The maximum absolute atomic E-state index is 6.50. The van der Waals surface area contributed by atoms with Crippen molar-refractivity contribution in [2.24, 2.45) is 0 Å². The summed E-state index contributed by atoms with van der Waals surface area (Å²) in [7, 11) is 0. The number of aryl methyl sites for hydroxylation is 1. The van der Waals surface area contributed by atoms with Crippen molar-refractivity contribution in [2.75, 3.05) is 0 Å². The van der Waals surface area contributed by atoms with Crippen LogP contribution in [0.25, 0.3) is 51.2 Å². The van der Waals surface area contributed by atoms with Crippen LogP contribution in [0.5, 0.6) is 0 Å². The van der Waals surface area contributed by atoms with Crippen LogP contribution in [0.2, 0.25) is 0 Å². The molecule has 0 saturated carbocycles. The second kappa shape index (κ2) is 12.6. The Kier molecular flexibility index (Phi) is 7.55. The van der Waals surface area contributed by atoms with Gasteiger partial charge in [0.1, 0.15) is 11.3 Å². The van der Waals surface area contributed by atoms with E-state index in [9.17, 15) is 0 Å². The quantitative estimate of drug-likeness (QED) is 0.183. The van der Waals surface area contributed by atoms with Crippen LogP contribution in [0.3, 0.4) is 0 Å². The Hall–Kier alpha value is -5.87. The van der Waals surface area contributed by atoms with E-state index in [1.165, 1.54) is 27.9 Å². The zero-order valence-corrected chi connectivity index (χ0v) is 27.2. The van der Waals surface area contributed by atoms with Crippen molar-refractivity contribution in [1.29, 1.82) is 0 Å². The van der Waals surface area contributed by atoms with Crippen LogP contribution in [0.4, 0.5) is 0 Å². The zero-order chi connectivity index (χ0) is 32.6. The number of nitrogens with zero attached hydrogens (tertiary/aromatic N) is 3. The molecule has 4 aromatic carbocycles. The van der Waals surface area contributed by atoms with Crippen LogP contribution in [0.1, 0.15) is 48.5 Å². The normalized spacial score (nSPS) is 17.2. The Balaban J connectivity index is 1.08. The second-order valence-corrected chi connectivity index (χ2v) is 13.0. The number of furan rings is 1. The summed E-state index contributed by atoms with van der Waals surface area (Å²) in [6.07, 6.45) is 19.0. The van der Waals surface area contributed by atoms with Gasteiger partial charge in [-0.2, -0.15) is 0 Å². The fourth-order valence-electron chi connectivity index (χ4n) is 7.44. The van der Waals surface area contributed by atoms with Crippen molar-refractivity contribution in [3.05, 3.63) is 179 Å². The lowest BCUT2D eigenvalue weighted by atomic mass is 9.80. The third kappa shape index (κ3) is 5.70. The van der Waals surface area contributed by atoms with Crippen molar-refractivity contribution < 1.29 is 4.42 Å². The lowest BCUT2D eigenvalue weighted by Gasteiger charge is -2.24. The minimum absolute atomic E-state index is 0.437. The Morgan fingerprint density at radius 1 is 0.531 bits per heavy atom. The number of aromatic nitrogens is 3. The number of benzene rings is 4. The van der Waals surface area contributed by atoms with E-state index in [0.29, 0.717) is 23.4 Å². The van der Waals surface area contributed by atoms with E-state index in [1.807, 2.05) is 66.7 Å². The Morgan fingerprint density at radius 3 is 1.82 bits per heavy atom. The highest BCUT2D eigenvalue weighted by atomic mass is 16.3. The molecule has 0 N–H and O–H groups in total. The van der Waals surface area contributed by atoms with Crippen LogP contribution in [0, 0.1) is 0 Å². The van der Waals surface area contributed by atoms with Crippen molar-refractivity contribution in [3.8, 4) is 34.2 Å². The lowest BCUT2D eigenvalue weighted by Crippen LogP contribution is -2.06. The van der Waals surface area contributed by atoms with E-state index in [4.69, 9.17) is 19.4 Å². The number of hydrogen-bond acceptors (Lipinski definition) is 4. The molecule has 0 saturated heterocycles. The molecule has 0 aliphatic heterocycles. The first kappa shape index (κ1) is 29.3. The van der Waals surface area contributed by atoms with E-state index in [1.54, 1.807) is 0 Å². The molecular formula is C45H35N3O. The lowest BCUT2D eigenvalue weighted by molar-refractivity contribution is 0.543. The van der Waals surface area contributed by atoms with Gasteiger partial charge in [0, 0.05) is 40.0 Å². The molecule has 4 heteroatoms. The molecule has 236 valence electrons. The average molecular weight is 634 g/mol. The summed E-state index contributed by atoms with van der Waals surface area (Å²) < 4.78 is 6.50. The molecule has 0 fully saturated rings. The summed E-state index contributed by atoms with van der Waals surface area (Å²) in [5, 5.41) is 1.07. The van der Waals surface area contributed by atoms with Crippen LogP contribution in [0.15, 0.2) is 166 Å². The number of rotatable bonds is 6. The van der Waals surface area contributed by atoms with E-state index in [0.717, 1.165) is 71.1 Å². The Bertz CT molecular complexity index is 2280. The van der Waals surface area contributed by atoms with Gasteiger partial charge in [0.25, 0.3) is 0 Å². The first-order chi connectivity index (χ1) is 24.3. The molecule has 2 aromatic heterocycles. The van der Waals surface area contributed by atoms with Crippen molar-refractivity contribution in [3.63, 3.8) is 0 Å². The van der Waals surface area contributed by atoms with Gasteiger partial charge in [-0.05, 0) is 65.7 Å². The molecule has 2 heterocycles. The summed E-state index contributed by atoms with van der Waals surface area (Å²) in [6, 6.07) is 37.3. The first-order valence-corrected chi connectivity index (χ1v) is 17.2. The SMILES string of the molecule is C1=CC(c2ccccc2)CC(C2=CC=C(C3=Cc4c(oc5cccc(-c6nc(-c7ccccc7)nc(-c7ccccc7)n6)c45)CC3)CC2)=C1. The smallest absolute Gasteiger partial charge is 0.164 e. The summed E-state index contributed by atoms with van der Waals surface area (Å²) in [4.78, 5) is 15.0. The number of fused-ring (bicyclic) bond motifs is 3. The molecule has 0 bridgehead atoms. The summed E-state index contributed by atoms with van der Waals surface area (Å²) >= 11 is 0. The minimum atomic E-state index is 0.437. The van der Waals surface area contributed by atoms with Crippen molar-refractivity contribution >= 4 is 17.0 Å². The Labute approximate surface area is 286 Å². The Morgan fingerprint density at radius 2 is 1.14 bits per heavy atom. The van der Waals surface area contributed by atoms with Gasteiger partial charge in [0.15, 0.2) is 17.5 Å². The van der Waals surface area contributed by atoms with Gasteiger partial charge in [-0.15, -0.1) is 0 Å². The maximum atomic E-state index is 6.50. The van der Waals surface area contributed by atoms with Gasteiger partial charge >= 0.3 is 0 Å². The predicted octanol–water partition coefficient (Wildman–Crippen LogP) is 11.3. The van der Waals surface area contributed by atoms with Gasteiger partial charge in [0.2, 0.25) is 0 Å². The third-order valence-electron chi connectivity index (χ3n) is 9.99. The van der Waals surface area contributed by atoms with Gasteiger partial charge in [-0.25, -0.2) is 15.0 Å². The molecule has 3 aliphatic carbocycles. The van der Waals surface area contributed by atoms with Gasteiger partial charge < -0.3 is 4.42 Å². The third-order valence-corrected chi connectivity index (χ3v) is 9.99. The van der Waals surface area contributed by atoms with E-state index in [2.05, 4.69) is 78.9 Å². The average Bonchev–Trinajstić information content (AvgIpc) is 3.57. The predicted molar refractivity (Wildman–Crippen MR) is 199 cm³/mol. The molecule has 3 aliphatic rings. The molecule has 0 amide bonds. The van der Waals surface area contributed by atoms with Crippen LogP contribution < -0.4 is 0 Å². The molecule has 0 spiro atoms. The highest BCUT2D eigenvalue weighted by molar-refractivity contribution is 6.00. The van der Waals surface area contributed by atoms with Gasteiger partial charge in [-0.1, -0.05) is 134 Å². The molecule has 1 unspecified atom stereocenters. The van der Waals surface area contributed by atoms with Gasteiger partial charge in [0.05, 0.1) is 0 Å². The molecule has 0 radical (unpaired) electrons. The van der Waals surface area contributed by atoms with Gasteiger partial charge in [-0.3, -0.25) is 0 Å². The molecule has 9 rings (SSSR count). The largest absolute Gasteiger partial charge is 0.460 e. The second-order valence-electron chi connectivity index (χ2n) is 13.0. The standard InChI is InChI=1S/C45H35N3O/c1-4-12-30(13-5-1)35-18-10-19-36(28-35)31-22-24-32(25-23-31)37-26-27-40-39(29-37)42-38(20-11-21-41(42)49-40)45-47-43(33-14-6-2-7-15-33)46-44(48-45)34-16-8-3-9-17-34/h1-22,24,29,35H,23,25-28H2. The fraction of sp³-hybridized carbons (Fsp3) is 0.133. The van der Waals surface area contributed by atoms with Crippen LogP contribution >= 0.6 is 0 Å². The van der Waals surface area contributed by atoms with Crippen molar-refractivity contribution in [2.45, 2.75) is 38.0 Å². The fourth-order valence-corrected chi connectivity index (χ4v) is 7.44. The highest BCUT2D eigenvalue weighted by Crippen LogP contribution is 2.42. The number of allylic oxidation sites excluding steroid dienone is 9. The molecular weight excluding hydrogens is 599 g/mol.